The second-order valence-electron chi connectivity index (χ2n) is 14.0. The van der Waals surface area contributed by atoms with E-state index in [0.717, 1.165) is 0 Å². The van der Waals surface area contributed by atoms with Gasteiger partial charge in [-0.3, -0.25) is 0 Å². The van der Waals surface area contributed by atoms with Crippen molar-refractivity contribution in [2.75, 3.05) is 0 Å². The number of hydrogen-bond acceptors (Lipinski definition) is 5. The normalized spacial score (nSPS) is 16.3. The number of benzene rings is 5. The molecular formula is C55H43IrN4O. The van der Waals surface area contributed by atoms with Gasteiger partial charge in [0.15, 0.2) is 0 Å². The molecule has 6 heteroatoms. The van der Waals surface area contributed by atoms with Crippen LogP contribution in [0.4, 0.5) is 0 Å². The molecular weight excluding hydrogens is 925 g/mol. The summed E-state index contributed by atoms with van der Waals surface area (Å²) in [5.74, 6) is 0. The second kappa shape index (κ2) is 18.4. The topological polar surface area (TPSA) is 75.6 Å². The van der Waals surface area contributed by atoms with Crippen LogP contribution in [0.15, 0.2) is 138 Å². The van der Waals surface area contributed by atoms with Crippen molar-refractivity contribution in [3.8, 4) is 39.8 Å². The fraction of sp³-hybridized carbons (Fsp3) is 0.164. The monoisotopic (exact) mass is 984 g/mol. The molecule has 0 atom stereocenters. The number of nitrogens with zero attached hydrogens (tertiary/aromatic N) is 4. The fourth-order valence-electron chi connectivity index (χ4n) is 7.00. The smallest absolute Gasteiger partial charge is 0.500 e. The number of furan rings is 1. The molecule has 9 aromatic rings. The third-order valence-corrected chi connectivity index (χ3v) is 10.0. The zero-order chi connectivity index (χ0) is 54.8. The minimum Gasteiger partial charge on any atom is -0.500 e. The van der Waals surface area contributed by atoms with Crippen molar-refractivity contribution in [1.29, 1.82) is 5.26 Å². The van der Waals surface area contributed by atoms with Gasteiger partial charge in [-0.1, -0.05) is 70.6 Å². The maximum atomic E-state index is 9.78. The van der Waals surface area contributed by atoms with Crippen LogP contribution < -0.4 is 0 Å². The van der Waals surface area contributed by atoms with Crippen LogP contribution in [0.5, 0.6) is 0 Å². The third kappa shape index (κ3) is 9.01. The first-order valence-electron chi connectivity index (χ1n) is 27.0. The zero-order valence-electron chi connectivity index (χ0n) is 48.3. The molecule has 298 valence electrons. The Hall–Kier alpha value is -6.51. The molecule has 0 aliphatic heterocycles. The van der Waals surface area contributed by atoms with Crippen LogP contribution in [0.2, 0.25) is 0 Å². The van der Waals surface area contributed by atoms with Crippen molar-refractivity contribution < 1.29 is 46.5 Å². The molecule has 0 fully saturated rings. The van der Waals surface area contributed by atoms with Crippen molar-refractivity contribution >= 4 is 21.9 Å². The van der Waals surface area contributed by atoms with Gasteiger partial charge in [0, 0.05) is 50.1 Å². The molecule has 0 aliphatic carbocycles. The third-order valence-electron chi connectivity index (χ3n) is 10.0. The van der Waals surface area contributed by atoms with E-state index in [-0.39, 0.29) is 105 Å². The minimum absolute atomic E-state index is 0. The molecule has 9 rings (SSSR count). The molecule has 0 unspecified atom stereocenters. The summed E-state index contributed by atoms with van der Waals surface area (Å²) < 4.78 is 146. The largest absolute Gasteiger partial charge is 3.00 e. The maximum absolute atomic E-state index is 9.78. The molecule has 0 saturated carbocycles. The van der Waals surface area contributed by atoms with Crippen LogP contribution in [0.1, 0.15) is 77.6 Å². The average Bonchev–Trinajstić information content (AvgIpc) is 3.73. The summed E-state index contributed by atoms with van der Waals surface area (Å²) in [6.07, 6.45) is -4.56. The van der Waals surface area contributed by atoms with Gasteiger partial charge >= 0.3 is 20.1 Å². The molecule has 0 radical (unpaired) electrons. The first-order valence-corrected chi connectivity index (χ1v) is 19.0. The summed E-state index contributed by atoms with van der Waals surface area (Å²) in [6, 6.07) is 39.2. The van der Waals surface area contributed by atoms with Crippen LogP contribution in [0.3, 0.4) is 0 Å². The molecule has 0 aliphatic rings. The van der Waals surface area contributed by atoms with Crippen LogP contribution in [-0.4, -0.2) is 15.0 Å². The van der Waals surface area contributed by atoms with Crippen LogP contribution in [0, 0.1) is 50.1 Å². The van der Waals surface area contributed by atoms with Crippen LogP contribution >= 0.6 is 0 Å². The van der Waals surface area contributed by atoms with Gasteiger partial charge in [0.25, 0.3) is 0 Å². The van der Waals surface area contributed by atoms with Gasteiger partial charge in [-0.2, -0.15) is 5.26 Å². The molecule has 0 N–H and O–H groups in total. The van der Waals surface area contributed by atoms with E-state index in [1.165, 1.54) is 48.9 Å². The van der Waals surface area contributed by atoms with Crippen molar-refractivity contribution in [3.63, 3.8) is 0 Å². The van der Waals surface area contributed by atoms with Gasteiger partial charge in [0.05, 0.1) is 18.6 Å². The van der Waals surface area contributed by atoms with Gasteiger partial charge in [0.2, 0.25) is 0 Å². The van der Waals surface area contributed by atoms with Crippen LogP contribution in [0.25, 0.3) is 55.7 Å². The average molecular weight is 984 g/mol. The minimum atomic E-state index is -2.79. The fourth-order valence-corrected chi connectivity index (χ4v) is 7.00. The van der Waals surface area contributed by atoms with Gasteiger partial charge in [-0.05, 0) is 115 Å². The number of rotatable bonds is 12. The van der Waals surface area contributed by atoms with Crippen molar-refractivity contribution in [2.45, 2.75) is 58.9 Å². The Morgan fingerprint density at radius 1 is 0.623 bits per heavy atom. The Bertz CT molecular complexity index is 3570. The van der Waals surface area contributed by atoms with E-state index in [2.05, 4.69) is 33.2 Å². The number of hydrogen-bond donors (Lipinski definition) is 0. The van der Waals surface area contributed by atoms with Gasteiger partial charge in [0.1, 0.15) is 5.58 Å². The Morgan fingerprint density at radius 2 is 1.23 bits per heavy atom. The summed E-state index contributed by atoms with van der Waals surface area (Å²) in [5, 5.41) is 10.5. The summed E-state index contributed by atoms with van der Waals surface area (Å²) in [6.45, 7) is -8.33. The van der Waals surface area contributed by atoms with E-state index in [1.807, 2.05) is 6.07 Å². The number of aryl methyl sites for hydroxylation is 9. The van der Waals surface area contributed by atoms with Gasteiger partial charge < -0.3 is 19.4 Å². The van der Waals surface area contributed by atoms with Crippen LogP contribution in [-0.2, 0) is 58.5 Å². The molecule has 0 spiro atoms. The number of aromatic nitrogens is 3. The Kier molecular flexibility index (Phi) is 7.83. The Balaban J connectivity index is 0.00000784. The number of pyridine rings is 3. The van der Waals surface area contributed by atoms with E-state index in [9.17, 15) is 13.5 Å². The van der Waals surface area contributed by atoms with E-state index in [1.54, 1.807) is 78.9 Å². The predicted octanol–water partition coefficient (Wildman–Crippen LogP) is 12.3. The molecule has 61 heavy (non-hydrogen) atoms. The van der Waals surface area contributed by atoms with Crippen molar-refractivity contribution in [1.82, 2.24) is 15.0 Å². The van der Waals surface area contributed by atoms with E-state index in [4.69, 9.17) is 18.1 Å². The SMILES string of the molecule is [2H]c1cc2c(oc3c(-c4ccc(C([2H])([2H])Cc5cc(CC([2H])([2H])c6cnc(-c7[c-]cccc7)cc6C([2H])([2H])[2H])cc(CC([2H])([2H])c6cnc(-c7[c-]cccc7)cc6C([2H])([2H])[2H])c5)cn4)[c-]ccc32)c(C([2H])([2H])[2H])c1C#N.[Ir+3]. The molecule has 4 aromatic heterocycles. The van der Waals surface area contributed by atoms with E-state index in [0.29, 0.717) is 33.0 Å². The first-order chi connectivity index (χ1) is 35.6. The van der Waals surface area contributed by atoms with Crippen molar-refractivity contribution in [2.24, 2.45) is 0 Å². The second-order valence-corrected chi connectivity index (χ2v) is 14.0. The maximum Gasteiger partial charge on any atom is 3.00 e. The van der Waals surface area contributed by atoms with Gasteiger partial charge in [-0.15, -0.1) is 90.0 Å². The predicted molar refractivity (Wildman–Crippen MR) is 240 cm³/mol. The standard InChI is InChI=1S/C55H43N4O.Ir/c1-36-27-52(43-11-6-4-7-12-43)58-34-46(36)22-19-41-29-40(30-42(31-41)20-23-47-35-59-53(28-37(47)2)44-13-8-5-9-14-44)18-17-39-21-26-51(57-33-39)50-16-10-15-48-49-25-24-45(32-56)38(3)54(49)60-55(48)50;/h4-11,13,15,21,24-31,33-35H,17-20,22-23H2,1-3H3;/q-3;+3/i1D3,2D3,3D3,17D2,22D2,23D2,24D;. The van der Waals surface area contributed by atoms with Crippen molar-refractivity contribution in [3.05, 3.63) is 208 Å². The van der Waals surface area contributed by atoms with Gasteiger partial charge in [-0.25, -0.2) is 0 Å². The molecule has 0 bridgehead atoms. The molecule has 5 nitrogen and oxygen atoms in total. The number of nitriles is 1. The first kappa shape index (κ1) is 26.0. The molecule has 4 heterocycles. The van der Waals surface area contributed by atoms with E-state index >= 15 is 0 Å². The summed E-state index contributed by atoms with van der Waals surface area (Å²) >= 11 is 0. The Morgan fingerprint density at radius 3 is 1.77 bits per heavy atom. The van der Waals surface area contributed by atoms with E-state index < -0.39 is 58.1 Å². The number of fused-ring (bicyclic) bond motifs is 3. The molecule has 5 aromatic carbocycles. The zero-order valence-corrected chi connectivity index (χ0v) is 34.7. The summed E-state index contributed by atoms with van der Waals surface area (Å²) in [4.78, 5) is 13.4. The quantitative estimate of drug-likeness (QED) is 0.114. The summed E-state index contributed by atoms with van der Waals surface area (Å²) in [5.41, 5.74) is 1.49. The molecule has 0 saturated heterocycles. The molecule has 0 amide bonds. The summed E-state index contributed by atoms with van der Waals surface area (Å²) in [7, 11) is 0. The Labute approximate surface area is 394 Å².